The maximum absolute atomic E-state index is 13.2. The third kappa shape index (κ3) is 7.45. The Morgan fingerprint density at radius 3 is 2.47 bits per heavy atom. The van der Waals surface area contributed by atoms with Gasteiger partial charge in [0.05, 0.1) is 4.90 Å². The summed E-state index contributed by atoms with van der Waals surface area (Å²) in [5, 5.41) is 7.49. The zero-order valence-electron chi connectivity index (χ0n) is 21.3. The van der Waals surface area contributed by atoms with Crippen LogP contribution in [-0.2, 0) is 26.0 Å². The molecule has 0 aliphatic rings. The summed E-state index contributed by atoms with van der Waals surface area (Å²) >= 11 is 0. The van der Waals surface area contributed by atoms with E-state index < -0.39 is 10.0 Å². The highest BCUT2D eigenvalue weighted by molar-refractivity contribution is 7.89. The number of carbonyl (C=O) groups excluding carboxylic acids is 1. The number of benzene rings is 3. The summed E-state index contributed by atoms with van der Waals surface area (Å²) in [6, 6.07) is 22.8. The summed E-state index contributed by atoms with van der Waals surface area (Å²) in [5.74, 6) is -0.186. The highest BCUT2D eigenvalue weighted by atomic mass is 32.2. The molecule has 0 atom stereocenters. The van der Waals surface area contributed by atoms with E-state index in [1.165, 1.54) is 7.11 Å². The summed E-state index contributed by atoms with van der Waals surface area (Å²) in [5.41, 5.74) is 3.67. The number of nitrogens with zero attached hydrogens (tertiary/aromatic N) is 1. The van der Waals surface area contributed by atoms with Crippen molar-refractivity contribution in [2.75, 3.05) is 38.7 Å². The second kappa shape index (κ2) is 13.3. The van der Waals surface area contributed by atoms with Gasteiger partial charge in [-0.25, -0.2) is 13.1 Å². The first kappa shape index (κ1) is 27.4. The molecule has 3 aromatic carbocycles. The minimum absolute atomic E-state index is 0.0255. The number of hydrogen-bond acceptors (Lipinski definition) is 6. The molecule has 0 aliphatic heterocycles. The van der Waals surface area contributed by atoms with E-state index in [2.05, 4.69) is 20.3 Å². The van der Waals surface area contributed by atoms with Crippen LogP contribution in [0.5, 0.6) is 0 Å². The predicted molar refractivity (Wildman–Crippen MR) is 151 cm³/mol. The third-order valence-corrected chi connectivity index (χ3v) is 7.54. The quantitative estimate of drug-likeness (QED) is 0.225. The Morgan fingerprint density at radius 1 is 0.921 bits per heavy atom. The minimum Gasteiger partial charge on any atom is -0.375 e. The third-order valence-electron chi connectivity index (χ3n) is 6.04. The number of aryl methyl sites for hydroxylation is 1. The van der Waals surface area contributed by atoms with E-state index in [1.54, 1.807) is 24.5 Å². The van der Waals surface area contributed by atoms with Gasteiger partial charge in [-0.1, -0.05) is 42.5 Å². The lowest BCUT2D eigenvalue weighted by molar-refractivity contribution is -0.119. The fourth-order valence-electron chi connectivity index (χ4n) is 4.17. The molecular formula is C29H32N4O4S. The van der Waals surface area contributed by atoms with E-state index in [0.29, 0.717) is 11.9 Å². The zero-order valence-corrected chi connectivity index (χ0v) is 22.1. The van der Waals surface area contributed by atoms with Gasteiger partial charge in [0.1, 0.15) is 6.61 Å². The Morgan fingerprint density at radius 2 is 1.71 bits per heavy atom. The van der Waals surface area contributed by atoms with Gasteiger partial charge in [-0.2, -0.15) is 0 Å². The van der Waals surface area contributed by atoms with Gasteiger partial charge in [0.15, 0.2) is 0 Å². The fourth-order valence-corrected chi connectivity index (χ4v) is 5.45. The SMILES string of the molecule is COCC(=O)Nc1ccc(CCCNCCNS(=O)(=O)c2cc(-c3ccccc3)cc3cnccc23)cc1. The number of sulfonamides is 1. The van der Waals surface area contributed by atoms with Crippen molar-refractivity contribution in [3.05, 3.63) is 90.8 Å². The molecule has 0 saturated heterocycles. The summed E-state index contributed by atoms with van der Waals surface area (Å²) < 4.78 is 34.0. The minimum atomic E-state index is -3.73. The van der Waals surface area contributed by atoms with Crippen molar-refractivity contribution < 1.29 is 17.9 Å². The van der Waals surface area contributed by atoms with Crippen molar-refractivity contribution in [3.63, 3.8) is 0 Å². The first-order chi connectivity index (χ1) is 18.5. The van der Waals surface area contributed by atoms with Gasteiger partial charge >= 0.3 is 0 Å². The predicted octanol–water partition coefficient (Wildman–Crippen LogP) is 3.99. The molecule has 0 bridgehead atoms. The maximum Gasteiger partial charge on any atom is 0.250 e. The number of rotatable bonds is 13. The standard InChI is InChI=1S/C29H32N4O4S/c1-37-21-29(34)33-26-11-9-22(10-12-26)6-5-14-30-16-17-32-38(35,36)28-19-24(23-7-3-2-4-8-23)18-25-20-31-15-13-27(25)28/h2-4,7-13,15,18-20,30,32H,5-6,14,16-17,21H2,1H3,(H,33,34). The normalized spacial score (nSPS) is 11.5. The van der Waals surface area contributed by atoms with Gasteiger partial charge in [0.25, 0.3) is 0 Å². The van der Waals surface area contributed by atoms with Crippen LogP contribution in [0.2, 0.25) is 0 Å². The number of ether oxygens (including phenoxy) is 1. The number of aromatic nitrogens is 1. The second-order valence-corrected chi connectivity index (χ2v) is 10.6. The molecule has 4 rings (SSSR count). The number of nitrogens with one attached hydrogen (secondary N) is 3. The summed E-state index contributed by atoms with van der Waals surface area (Å²) in [4.78, 5) is 16.0. The van der Waals surface area contributed by atoms with Crippen molar-refractivity contribution in [1.29, 1.82) is 0 Å². The van der Waals surface area contributed by atoms with Gasteiger partial charge in [-0.05, 0) is 66.4 Å². The van der Waals surface area contributed by atoms with Crippen LogP contribution >= 0.6 is 0 Å². The van der Waals surface area contributed by atoms with E-state index in [1.807, 2.05) is 60.7 Å². The van der Waals surface area contributed by atoms with Gasteiger partial charge < -0.3 is 15.4 Å². The van der Waals surface area contributed by atoms with Crippen LogP contribution in [0.15, 0.2) is 90.1 Å². The average molecular weight is 533 g/mol. The number of fused-ring (bicyclic) bond motifs is 1. The van der Waals surface area contributed by atoms with Crippen molar-refractivity contribution in [2.45, 2.75) is 17.7 Å². The second-order valence-electron chi connectivity index (χ2n) is 8.87. The number of amides is 1. The van der Waals surface area contributed by atoms with Crippen molar-refractivity contribution in [1.82, 2.24) is 15.0 Å². The number of pyridine rings is 1. The first-order valence-electron chi connectivity index (χ1n) is 12.5. The first-order valence-corrected chi connectivity index (χ1v) is 14.0. The summed E-state index contributed by atoms with van der Waals surface area (Å²) in [6.45, 7) is 1.58. The molecular weight excluding hydrogens is 500 g/mol. The zero-order chi connectivity index (χ0) is 26.8. The molecule has 1 aromatic heterocycles. The number of methoxy groups -OCH3 is 1. The smallest absolute Gasteiger partial charge is 0.250 e. The Hall–Kier alpha value is -3.63. The molecule has 0 radical (unpaired) electrons. The van der Waals surface area contributed by atoms with Crippen LogP contribution in [0, 0.1) is 0 Å². The molecule has 0 aliphatic carbocycles. The van der Waals surface area contributed by atoms with E-state index in [4.69, 9.17) is 4.74 Å². The highest BCUT2D eigenvalue weighted by Gasteiger charge is 2.18. The molecule has 3 N–H and O–H groups in total. The number of hydrogen-bond donors (Lipinski definition) is 3. The molecule has 1 heterocycles. The lowest BCUT2D eigenvalue weighted by atomic mass is 10.0. The van der Waals surface area contributed by atoms with E-state index in [0.717, 1.165) is 47.2 Å². The topological polar surface area (TPSA) is 109 Å². The molecule has 8 nitrogen and oxygen atoms in total. The average Bonchev–Trinajstić information content (AvgIpc) is 2.93. The van der Waals surface area contributed by atoms with Gasteiger partial charge in [-0.15, -0.1) is 0 Å². The molecule has 9 heteroatoms. The van der Waals surface area contributed by atoms with Gasteiger partial charge in [-0.3, -0.25) is 9.78 Å². The molecule has 0 unspecified atom stereocenters. The molecule has 4 aromatic rings. The highest BCUT2D eigenvalue weighted by Crippen LogP contribution is 2.30. The largest absolute Gasteiger partial charge is 0.375 e. The molecule has 0 spiro atoms. The van der Waals surface area contributed by atoms with E-state index >= 15 is 0 Å². The van der Waals surface area contributed by atoms with Crippen molar-refractivity contribution >= 4 is 32.4 Å². The number of carbonyl (C=O) groups is 1. The molecule has 1 amide bonds. The van der Waals surface area contributed by atoms with E-state index in [9.17, 15) is 13.2 Å². The molecule has 0 saturated carbocycles. The van der Waals surface area contributed by atoms with Crippen LogP contribution in [-0.4, -0.2) is 52.7 Å². The van der Waals surface area contributed by atoms with Crippen LogP contribution in [0.25, 0.3) is 21.9 Å². The van der Waals surface area contributed by atoms with Crippen LogP contribution in [0.1, 0.15) is 12.0 Å². The lowest BCUT2D eigenvalue weighted by Crippen LogP contribution is -2.32. The van der Waals surface area contributed by atoms with Crippen LogP contribution < -0.4 is 15.4 Å². The van der Waals surface area contributed by atoms with Crippen molar-refractivity contribution in [2.24, 2.45) is 0 Å². The Balaban J connectivity index is 1.27. The Bertz CT molecular complexity index is 1460. The Kier molecular flexibility index (Phi) is 9.56. The summed E-state index contributed by atoms with van der Waals surface area (Å²) in [7, 11) is -2.24. The van der Waals surface area contributed by atoms with Gasteiger partial charge in [0.2, 0.25) is 15.9 Å². The monoisotopic (exact) mass is 532 g/mol. The van der Waals surface area contributed by atoms with Crippen molar-refractivity contribution in [3.8, 4) is 11.1 Å². The van der Waals surface area contributed by atoms with Gasteiger partial charge in [0, 0.05) is 49.1 Å². The summed E-state index contributed by atoms with van der Waals surface area (Å²) in [6.07, 6.45) is 5.07. The van der Waals surface area contributed by atoms with Crippen LogP contribution in [0.4, 0.5) is 5.69 Å². The maximum atomic E-state index is 13.2. The van der Waals surface area contributed by atoms with E-state index in [-0.39, 0.29) is 24.0 Å². The Labute approximate surface area is 223 Å². The lowest BCUT2D eigenvalue weighted by Gasteiger charge is -2.13. The fraction of sp³-hybridized carbons (Fsp3) is 0.241. The molecule has 38 heavy (non-hydrogen) atoms. The molecule has 198 valence electrons. The molecule has 0 fully saturated rings. The van der Waals surface area contributed by atoms with Crippen LogP contribution in [0.3, 0.4) is 0 Å². The number of anilines is 1.